The Morgan fingerprint density at radius 1 is 1.45 bits per heavy atom. The number of fused-ring (bicyclic) bond motifs is 1. The average Bonchev–Trinajstić information content (AvgIpc) is 2.65. The molecule has 1 amide bonds. The lowest BCUT2D eigenvalue weighted by atomic mass is 10.2. The third kappa shape index (κ3) is 2.87. The number of nitrogens with one attached hydrogen (secondary N) is 1. The number of aromatic nitrogens is 2. The van der Waals surface area contributed by atoms with E-state index in [-0.39, 0.29) is 29.4 Å². The summed E-state index contributed by atoms with van der Waals surface area (Å²) in [6, 6.07) is 1.84. The van der Waals surface area contributed by atoms with Crippen LogP contribution in [0, 0.1) is 17.6 Å². The molecule has 1 aromatic heterocycles. The van der Waals surface area contributed by atoms with Crippen molar-refractivity contribution in [1.82, 2.24) is 14.9 Å². The smallest absolute Gasteiger partial charge is 0.240 e. The molecule has 0 saturated heterocycles. The zero-order valence-electron chi connectivity index (χ0n) is 11.3. The lowest BCUT2D eigenvalue weighted by Crippen LogP contribution is -2.30. The predicted octanol–water partition coefficient (Wildman–Crippen LogP) is 1.67. The molecule has 0 aliphatic rings. The number of rotatable bonds is 4. The number of carbonyl (C=O) groups is 1. The molecule has 0 fully saturated rings. The van der Waals surface area contributed by atoms with Crippen molar-refractivity contribution in [3.63, 3.8) is 0 Å². The van der Waals surface area contributed by atoms with E-state index in [9.17, 15) is 13.6 Å². The van der Waals surface area contributed by atoms with E-state index in [0.29, 0.717) is 12.5 Å². The normalized spacial score (nSPS) is 11.2. The van der Waals surface area contributed by atoms with Crippen LogP contribution in [-0.2, 0) is 11.3 Å². The molecule has 0 bridgehead atoms. The highest BCUT2D eigenvalue weighted by molar-refractivity contribution is 5.83. The van der Waals surface area contributed by atoms with Crippen molar-refractivity contribution >= 4 is 22.9 Å². The van der Waals surface area contributed by atoms with E-state index in [1.54, 1.807) is 0 Å². The van der Waals surface area contributed by atoms with Gasteiger partial charge in [-0.05, 0) is 5.92 Å². The van der Waals surface area contributed by atoms with Gasteiger partial charge in [-0.15, -0.1) is 0 Å². The maximum absolute atomic E-state index is 13.6. The molecule has 0 aliphatic heterocycles. The van der Waals surface area contributed by atoms with Crippen LogP contribution in [0.2, 0.25) is 0 Å². The number of nitrogens with zero attached hydrogens (tertiary/aromatic N) is 2. The van der Waals surface area contributed by atoms with E-state index in [1.807, 2.05) is 13.8 Å². The SMILES string of the molecule is CC(C)CNC(=O)Cn1c(N)nc2c(F)cc(F)cc21. The van der Waals surface area contributed by atoms with Crippen LogP contribution in [0.25, 0.3) is 11.0 Å². The van der Waals surface area contributed by atoms with Crippen LogP contribution in [0.1, 0.15) is 13.8 Å². The number of amides is 1. The summed E-state index contributed by atoms with van der Waals surface area (Å²) in [5.74, 6) is -1.53. The molecule has 0 spiro atoms. The van der Waals surface area contributed by atoms with Gasteiger partial charge in [0.2, 0.25) is 11.9 Å². The largest absolute Gasteiger partial charge is 0.369 e. The highest BCUT2D eigenvalue weighted by atomic mass is 19.1. The summed E-state index contributed by atoms with van der Waals surface area (Å²) >= 11 is 0. The Balaban J connectivity index is 2.30. The van der Waals surface area contributed by atoms with Crippen LogP contribution >= 0.6 is 0 Å². The lowest BCUT2D eigenvalue weighted by molar-refractivity contribution is -0.121. The fourth-order valence-electron chi connectivity index (χ4n) is 1.85. The molecule has 2 rings (SSSR count). The number of imidazole rings is 1. The molecule has 0 unspecified atom stereocenters. The van der Waals surface area contributed by atoms with Crippen molar-refractivity contribution in [2.75, 3.05) is 12.3 Å². The summed E-state index contributed by atoms with van der Waals surface area (Å²) in [5.41, 5.74) is 5.78. The molecule has 1 aromatic carbocycles. The van der Waals surface area contributed by atoms with Crippen LogP contribution in [0.3, 0.4) is 0 Å². The fraction of sp³-hybridized carbons (Fsp3) is 0.385. The molecule has 2 aromatic rings. The van der Waals surface area contributed by atoms with E-state index in [4.69, 9.17) is 5.73 Å². The van der Waals surface area contributed by atoms with Crippen LogP contribution in [0.5, 0.6) is 0 Å². The first-order valence-electron chi connectivity index (χ1n) is 6.26. The fourth-order valence-corrected chi connectivity index (χ4v) is 1.85. The van der Waals surface area contributed by atoms with Crippen LogP contribution in [0.4, 0.5) is 14.7 Å². The number of nitrogen functional groups attached to an aromatic ring is 1. The van der Waals surface area contributed by atoms with Crippen molar-refractivity contribution < 1.29 is 13.6 Å². The minimum absolute atomic E-state index is 0.0239. The van der Waals surface area contributed by atoms with Gasteiger partial charge in [0.15, 0.2) is 5.82 Å². The number of halogens is 2. The van der Waals surface area contributed by atoms with Gasteiger partial charge in [-0.3, -0.25) is 4.79 Å². The highest BCUT2D eigenvalue weighted by Gasteiger charge is 2.16. The summed E-state index contributed by atoms with van der Waals surface area (Å²) in [4.78, 5) is 15.6. The standard InChI is InChI=1S/C13H16F2N4O/c1-7(2)5-17-11(20)6-19-10-4-8(14)3-9(15)12(10)18-13(19)16/h3-4,7H,5-6H2,1-2H3,(H2,16,18)(H,17,20). The van der Waals surface area contributed by atoms with Gasteiger partial charge < -0.3 is 15.6 Å². The molecule has 108 valence electrons. The van der Waals surface area contributed by atoms with Crippen molar-refractivity contribution in [3.8, 4) is 0 Å². The van der Waals surface area contributed by atoms with E-state index in [0.717, 1.165) is 12.1 Å². The Morgan fingerprint density at radius 3 is 2.80 bits per heavy atom. The molecule has 0 aliphatic carbocycles. The number of carbonyl (C=O) groups excluding carboxylic acids is 1. The number of nitrogens with two attached hydrogens (primary N) is 1. The average molecular weight is 282 g/mol. The third-order valence-electron chi connectivity index (χ3n) is 2.81. The van der Waals surface area contributed by atoms with E-state index < -0.39 is 11.6 Å². The zero-order valence-corrected chi connectivity index (χ0v) is 11.3. The molecule has 0 saturated carbocycles. The Bertz CT molecular complexity index is 651. The predicted molar refractivity (Wildman–Crippen MR) is 71.9 cm³/mol. The number of hydrogen-bond donors (Lipinski definition) is 2. The summed E-state index contributed by atoms with van der Waals surface area (Å²) < 4.78 is 28.1. The zero-order chi connectivity index (χ0) is 14.9. The van der Waals surface area contributed by atoms with Gasteiger partial charge in [0.05, 0.1) is 5.52 Å². The lowest BCUT2D eigenvalue weighted by Gasteiger charge is -2.09. The molecule has 20 heavy (non-hydrogen) atoms. The highest BCUT2D eigenvalue weighted by Crippen LogP contribution is 2.21. The Hall–Kier alpha value is -2.18. The minimum Gasteiger partial charge on any atom is -0.369 e. The van der Waals surface area contributed by atoms with Gasteiger partial charge in [-0.25, -0.2) is 13.8 Å². The van der Waals surface area contributed by atoms with Crippen molar-refractivity contribution in [3.05, 3.63) is 23.8 Å². The molecule has 0 radical (unpaired) electrons. The first-order chi connectivity index (χ1) is 9.38. The third-order valence-corrected chi connectivity index (χ3v) is 2.81. The minimum atomic E-state index is -0.798. The Labute approximate surface area is 114 Å². The monoisotopic (exact) mass is 282 g/mol. The second kappa shape index (κ2) is 5.44. The van der Waals surface area contributed by atoms with E-state index in [2.05, 4.69) is 10.3 Å². The summed E-state index contributed by atoms with van der Waals surface area (Å²) in [5, 5.41) is 2.71. The van der Waals surface area contributed by atoms with Gasteiger partial charge in [-0.1, -0.05) is 13.8 Å². The van der Waals surface area contributed by atoms with E-state index >= 15 is 0 Å². The first-order valence-corrected chi connectivity index (χ1v) is 6.26. The molecular weight excluding hydrogens is 266 g/mol. The quantitative estimate of drug-likeness (QED) is 0.896. The Kier molecular flexibility index (Phi) is 3.87. The van der Waals surface area contributed by atoms with Crippen LogP contribution < -0.4 is 11.1 Å². The van der Waals surface area contributed by atoms with Crippen LogP contribution in [-0.4, -0.2) is 22.0 Å². The van der Waals surface area contributed by atoms with Crippen molar-refractivity contribution in [2.45, 2.75) is 20.4 Å². The van der Waals surface area contributed by atoms with Gasteiger partial charge in [0.25, 0.3) is 0 Å². The van der Waals surface area contributed by atoms with Gasteiger partial charge in [-0.2, -0.15) is 0 Å². The van der Waals surface area contributed by atoms with Gasteiger partial charge in [0, 0.05) is 18.7 Å². The van der Waals surface area contributed by atoms with Crippen LogP contribution in [0.15, 0.2) is 12.1 Å². The second-order valence-corrected chi connectivity index (χ2v) is 5.01. The molecule has 3 N–H and O–H groups in total. The molecule has 7 heteroatoms. The maximum Gasteiger partial charge on any atom is 0.240 e. The number of anilines is 1. The second-order valence-electron chi connectivity index (χ2n) is 5.01. The van der Waals surface area contributed by atoms with Gasteiger partial charge in [0.1, 0.15) is 17.9 Å². The summed E-state index contributed by atoms with van der Waals surface area (Å²) in [6.45, 7) is 4.32. The topological polar surface area (TPSA) is 72.9 Å². The molecule has 0 atom stereocenters. The van der Waals surface area contributed by atoms with Crippen molar-refractivity contribution in [2.24, 2.45) is 5.92 Å². The molecule has 1 heterocycles. The number of hydrogen-bond acceptors (Lipinski definition) is 3. The first kappa shape index (κ1) is 14.2. The van der Waals surface area contributed by atoms with Crippen molar-refractivity contribution in [1.29, 1.82) is 0 Å². The number of benzene rings is 1. The maximum atomic E-state index is 13.6. The molecule has 5 nitrogen and oxygen atoms in total. The van der Waals surface area contributed by atoms with E-state index in [1.165, 1.54) is 4.57 Å². The Morgan fingerprint density at radius 2 is 2.15 bits per heavy atom. The van der Waals surface area contributed by atoms with Gasteiger partial charge >= 0.3 is 0 Å². The molecular formula is C13H16F2N4O. The summed E-state index contributed by atoms with van der Waals surface area (Å²) in [6.07, 6.45) is 0. The summed E-state index contributed by atoms with van der Waals surface area (Å²) in [7, 11) is 0.